The molecule has 3 aromatic carbocycles. The highest BCUT2D eigenvalue weighted by atomic mass is 16.1. The summed E-state index contributed by atoms with van der Waals surface area (Å²) in [5.41, 5.74) is 3.15. The molecule has 1 heteroatoms. The van der Waals surface area contributed by atoms with Gasteiger partial charge in [0.15, 0.2) is 5.78 Å². The number of fused-ring (bicyclic) bond motifs is 1. The number of benzene rings is 3. The molecule has 0 aliphatic rings. The fraction of sp³-hybridized carbons (Fsp3) is 0.150. The monoisotopic (exact) mass is 274 g/mol. The van der Waals surface area contributed by atoms with Crippen molar-refractivity contribution in [1.82, 2.24) is 0 Å². The van der Waals surface area contributed by atoms with E-state index >= 15 is 0 Å². The van der Waals surface area contributed by atoms with Crippen LogP contribution in [-0.4, -0.2) is 5.78 Å². The van der Waals surface area contributed by atoms with E-state index < -0.39 is 0 Å². The third-order valence-electron chi connectivity index (χ3n) is 4.08. The number of carbonyl (C=O) groups excluding carboxylic acids is 1. The van der Waals surface area contributed by atoms with Crippen molar-refractivity contribution in [2.45, 2.75) is 19.8 Å². The van der Waals surface area contributed by atoms with E-state index in [-0.39, 0.29) is 11.7 Å². The normalized spacial score (nSPS) is 12.3. The van der Waals surface area contributed by atoms with Crippen molar-refractivity contribution in [2.24, 2.45) is 0 Å². The Kier molecular flexibility index (Phi) is 3.57. The molecule has 0 aliphatic heterocycles. The SMILES string of the molecule is CC(=O)c1ccccc1[C@@H](C)c1ccc2ccccc2c1. The van der Waals surface area contributed by atoms with Gasteiger partial charge in [0.2, 0.25) is 0 Å². The highest BCUT2D eigenvalue weighted by Gasteiger charge is 2.14. The van der Waals surface area contributed by atoms with Gasteiger partial charge in [0.1, 0.15) is 0 Å². The molecule has 0 bridgehead atoms. The van der Waals surface area contributed by atoms with Crippen LogP contribution in [0.25, 0.3) is 10.8 Å². The predicted octanol–water partition coefficient (Wildman–Crippen LogP) is 5.19. The molecular formula is C20H18O. The van der Waals surface area contributed by atoms with E-state index in [1.807, 2.05) is 18.2 Å². The van der Waals surface area contributed by atoms with Crippen molar-refractivity contribution in [2.75, 3.05) is 0 Å². The average molecular weight is 274 g/mol. The maximum absolute atomic E-state index is 11.8. The number of hydrogen-bond acceptors (Lipinski definition) is 1. The summed E-state index contributed by atoms with van der Waals surface area (Å²) in [6.45, 7) is 3.79. The maximum atomic E-state index is 11.8. The van der Waals surface area contributed by atoms with Crippen LogP contribution >= 0.6 is 0 Å². The zero-order valence-electron chi connectivity index (χ0n) is 12.3. The second kappa shape index (κ2) is 5.53. The Hall–Kier alpha value is -2.41. The summed E-state index contributed by atoms with van der Waals surface area (Å²) in [6, 6.07) is 22.8. The molecule has 1 atom stereocenters. The number of ketones is 1. The minimum Gasteiger partial charge on any atom is -0.295 e. The van der Waals surface area contributed by atoms with Crippen LogP contribution in [0.1, 0.15) is 41.3 Å². The van der Waals surface area contributed by atoms with Crippen LogP contribution in [0.4, 0.5) is 0 Å². The van der Waals surface area contributed by atoms with Crippen molar-refractivity contribution in [1.29, 1.82) is 0 Å². The molecule has 0 heterocycles. The topological polar surface area (TPSA) is 17.1 Å². The fourth-order valence-corrected chi connectivity index (χ4v) is 2.85. The summed E-state index contributed by atoms with van der Waals surface area (Å²) >= 11 is 0. The van der Waals surface area contributed by atoms with Crippen molar-refractivity contribution >= 4 is 16.6 Å². The quantitative estimate of drug-likeness (QED) is 0.600. The molecule has 0 spiro atoms. The molecule has 0 N–H and O–H groups in total. The van der Waals surface area contributed by atoms with Gasteiger partial charge in [0, 0.05) is 11.5 Å². The van der Waals surface area contributed by atoms with Gasteiger partial charge in [-0.05, 0) is 28.8 Å². The lowest BCUT2D eigenvalue weighted by Crippen LogP contribution is -2.04. The van der Waals surface area contributed by atoms with Gasteiger partial charge < -0.3 is 0 Å². The van der Waals surface area contributed by atoms with E-state index in [1.54, 1.807) is 6.92 Å². The summed E-state index contributed by atoms with van der Waals surface area (Å²) in [7, 11) is 0. The zero-order valence-corrected chi connectivity index (χ0v) is 12.3. The standard InChI is InChI=1S/C20H18O/c1-14(19-9-5-6-10-20(19)15(2)21)17-12-11-16-7-3-4-8-18(16)13-17/h3-14H,1-2H3/t14-/m0/s1. The van der Waals surface area contributed by atoms with Gasteiger partial charge in [-0.3, -0.25) is 4.79 Å². The number of Topliss-reactive ketones (excluding diaryl/α,β-unsaturated/α-hetero) is 1. The third kappa shape index (κ3) is 2.59. The molecular weight excluding hydrogens is 256 g/mol. The Morgan fingerprint density at radius 1 is 0.857 bits per heavy atom. The molecule has 0 radical (unpaired) electrons. The van der Waals surface area contributed by atoms with E-state index in [0.717, 1.165) is 11.1 Å². The Labute approximate surface area is 125 Å². The van der Waals surface area contributed by atoms with Gasteiger partial charge in [-0.1, -0.05) is 73.7 Å². The molecule has 0 fully saturated rings. The van der Waals surface area contributed by atoms with Crippen LogP contribution in [0, 0.1) is 0 Å². The van der Waals surface area contributed by atoms with E-state index in [9.17, 15) is 4.79 Å². The Morgan fingerprint density at radius 3 is 2.29 bits per heavy atom. The minimum atomic E-state index is 0.123. The summed E-state index contributed by atoms with van der Waals surface area (Å²) < 4.78 is 0. The third-order valence-corrected chi connectivity index (χ3v) is 4.08. The first-order valence-corrected chi connectivity index (χ1v) is 7.25. The first-order valence-electron chi connectivity index (χ1n) is 7.25. The lowest BCUT2D eigenvalue weighted by atomic mass is 9.87. The van der Waals surface area contributed by atoms with Crippen molar-refractivity contribution in [3.63, 3.8) is 0 Å². The molecule has 3 rings (SSSR count). The lowest BCUT2D eigenvalue weighted by molar-refractivity contribution is 0.101. The van der Waals surface area contributed by atoms with Gasteiger partial charge in [-0.15, -0.1) is 0 Å². The summed E-state index contributed by atoms with van der Waals surface area (Å²) in [5.74, 6) is 0.327. The summed E-state index contributed by atoms with van der Waals surface area (Å²) in [6.07, 6.45) is 0. The Morgan fingerprint density at radius 2 is 1.52 bits per heavy atom. The molecule has 0 aliphatic carbocycles. The predicted molar refractivity (Wildman–Crippen MR) is 87.9 cm³/mol. The first-order chi connectivity index (χ1) is 10.2. The van der Waals surface area contributed by atoms with Crippen molar-refractivity contribution in [3.8, 4) is 0 Å². The minimum absolute atomic E-state index is 0.123. The molecule has 0 aromatic heterocycles. The Bertz CT molecular complexity index is 802. The maximum Gasteiger partial charge on any atom is 0.160 e. The molecule has 0 unspecified atom stereocenters. The first kappa shape index (κ1) is 13.6. The van der Waals surface area contributed by atoms with Gasteiger partial charge in [0.05, 0.1) is 0 Å². The smallest absolute Gasteiger partial charge is 0.160 e. The van der Waals surface area contributed by atoms with Gasteiger partial charge >= 0.3 is 0 Å². The second-order valence-corrected chi connectivity index (χ2v) is 5.47. The molecule has 0 saturated carbocycles. The van der Waals surface area contributed by atoms with Crippen LogP contribution in [-0.2, 0) is 0 Å². The number of carbonyl (C=O) groups is 1. The number of hydrogen-bond donors (Lipinski definition) is 0. The Balaban J connectivity index is 2.08. The second-order valence-electron chi connectivity index (χ2n) is 5.47. The lowest BCUT2D eigenvalue weighted by Gasteiger charge is -2.16. The van der Waals surface area contributed by atoms with E-state index in [4.69, 9.17) is 0 Å². The van der Waals surface area contributed by atoms with Crippen LogP contribution in [0.2, 0.25) is 0 Å². The molecule has 0 saturated heterocycles. The van der Waals surface area contributed by atoms with Crippen LogP contribution in [0.3, 0.4) is 0 Å². The van der Waals surface area contributed by atoms with Crippen LogP contribution in [0.5, 0.6) is 0 Å². The highest BCUT2D eigenvalue weighted by molar-refractivity contribution is 5.96. The summed E-state index contributed by atoms with van der Waals surface area (Å²) in [4.78, 5) is 11.8. The molecule has 3 aromatic rings. The zero-order chi connectivity index (χ0) is 14.8. The van der Waals surface area contributed by atoms with Crippen LogP contribution in [0.15, 0.2) is 66.7 Å². The van der Waals surface area contributed by atoms with E-state index in [0.29, 0.717) is 0 Å². The molecule has 104 valence electrons. The fourth-order valence-electron chi connectivity index (χ4n) is 2.85. The van der Waals surface area contributed by atoms with Gasteiger partial charge in [-0.25, -0.2) is 0 Å². The average Bonchev–Trinajstić information content (AvgIpc) is 2.53. The number of rotatable bonds is 3. The van der Waals surface area contributed by atoms with Gasteiger partial charge in [-0.2, -0.15) is 0 Å². The van der Waals surface area contributed by atoms with Crippen LogP contribution < -0.4 is 0 Å². The largest absolute Gasteiger partial charge is 0.295 e. The molecule has 1 nitrogen and oxygen atoms in total. The van der Waals surface area contributed by atoms with Gasteiger partial charge in [0.25, 0.3) is 0 Å². The van der Waals surface area contributed by atoms with E-state index in [1.165, 1.54) is 16.3 Å². The molecule has 21 heavy (non-hydrogen) atoms. The summed E-state index contributed by atoms with van der Waals surface area (Å²) in [5, 5.41) is 2.48. The van der Waals surface area contributed by atoms with E-state index in [2.05, 4.69) is 55.5 Å². The van der Waals surface area contributed by atoms with Crippen molar-refractivity contribution < 1.29 is 4.79 Å². The van der Waals surface area contributed by atoms with Crippen molar-refractivity contribution in [3.05, 3.63) is 83.4 Å². The highest BCUT2D eigenvalue weighted by Crippen LogP contribution is 2.29. The molecule has 0 amide bonds.